The standard InChI is InChI=1S/C27H38BrN5O4/c1-26(2,3)37-25(34)33-16-27(17-33)8-12-32(13-9-27)23-19-14-22(35-5)20(28)15-21(19)29-24(30-23)36-18-6-10-31(4)11-7-18/h14-15,18H,6-13,16-17H2,1-5H3. The molecule has 0 radical (unpaired) electrons. The molecule has 0 aliphatic carbocycles. The zero-order valence-electron chi connectivity index (χ0n) is 22.6. The van der Waals surface area contributed by atoms with E-state index in [4.69, 9.17) is 24.2 Å². The van der Waals surface area contributed by atoms with Crippen LogP contribution in [0.3, 0.4) is 0 Å². The predicted octanol–water partition coefficient (Wildman–Crippen LogP) is 4.71. The van der Waals surface area contributed by atoms with Crippen LogP contribution < -0.4 is 14.4 Å². The van der Waals surface area contributed by atoms with E-state index in [9.17, 15) is 4.79 Å². The number of carbonyl (C=O) groups is 1. The lowest BCUT2D eigenvalue weighted by molar-refractivity contribution is -0.0434. The number of hydrogen-bond acceptors (Lipinski definition) is 8. The molecular formula is C27H38BrN5O4. The molecule has 1 amide bonds. The maximum atomic E-state index is 12.5. The second-order valence-electron chi connectivity index (χ2n) is 11.8. The summed E-state index contributed by atoms with van der Waals surface area (Å²) in [6.07, 6.45) is 3.85. The second-order valence-corrected chi connectivity index (χ2v) is 12.6. The molecule has 0 saturated carbocycles. The number of amides is 1. The number of piperidine rings is 2. The number of methoxy groups -OCH3 is 1. The van der Waals surface area contributed by atoms with Crippen molar-refractivity contribution in [1.29, 1.82) is 0 Å². The highest BCUT2D eigenvalue weighted by molar-refractivity contribution is 9.10. The highest BCUT2D eigenvalue weighted by Gasteiger charge is 2.48. The Balaban J connectivity index is 1.33. The Bertz CT molecular complexity index is 1150. The van der Waals surface area contributed by atoms with Gasteiger partial charge in [0.1, 0.15) is 23.3 Å². The third-order valence-corrected chi connectivity index (χ3v) is 8.31. The molecule has 3 aliphatic rings. The molecule has 202 valence electrons. The van der Waals surface area contributed by atoms with Crippen LogP contribution in [0.25, 0.3) is 10.9 Å². The summed E-state index contributed by atoms with van der Waals surface area (Å²) >= 11 is 3.61. The van der Waals surface area contributed by atoms with E-state index in [1.807, 2.05) is 37.8 Å². The van der Waals surface area contributed by atoms with Gasteiger partial charge in [-0.05, 0) is 81.6 Å². The maximum absolute atomic E-state index is 12.5. The summed E-state index contributed by atoms with van der Waals surface area (Å²) in [6.45, 7) is 11.0. The first-order chi connectivity index (χ1) is 17.5. The Kier molecular flexibility index (Phi) is 7.17. The van der Waals surface area contributed by atoms with Gasteiger partial charge in [-0.1, -0.05) is 0 Å². The van der Waals surface area contributed by atoms with Crippen LogP contribution in [0.4, 0.5) is 10.6 Å². The van der Waals surface area contributed by atoms with Gasteiger partial charge in [-0.3, -0.25) is 0 Å². The topological polar surface area (TPSA) is 80.3 Å². The molecule has 3 fully saturated rings. The Hall–Kier alpha value is -2.33. The van der Waals surface area contributed by atoms with E-state index in [1.165, 1.54) is 0 Å². The molecule has 5 rings (SSSR count). The SMILES string of the molecule is COc1cc2c(N3CCC4(CC3)CN(C(=O)OC(C)(C)C)C4)nc(OC3CCN(C)CC3)nc2cc1Br. The molecule has 1 spiro atoms. The van der Waals surface area contributed by atoms with Gasteiger partial charge in [0.25, 0.3) is 0 Å². The van der Waals surface area contributed by atoms with E-state index < -0.39 is 5.60 Å². The van der Waals surface area contributed by atoms with Crippen molar-refractivity contribution >= 4 is 38.7 Å². The zero-order chi connectivity index (χ0) is 26.4. The highest BCUT2D eigenvalue weighted by atomic mass is 79.9. The van der Waals surface area contributed by atoms with E-state index in [0.717, 1.165) is 91.9 Å². The van der Waals surface area contributed by atoms with E-state index in [1.54, 1.807) is 7.11 Å². The number of anilines is 1. The van der Waals surface area contributed by atoms with Crippen LogP contribution in [0.15, 0.2) is 16.6 Å². The predicted molar refractivity (Wildman–Crippen MR) is 147 cm³/mol. The molecule has 3 aliphatic heterocycles. The van der Waals surface area contributed by atoms with Gasteiger partial charge in [0.2, 0.25) is 0 Å². The third kappa shape index (κ3) is 5.74. The highest BCUT2D eigenvalue weighted by Crippen LogP contribution is 2.43. The van der Waals surface area contributed by atoms with Gasteiger partial charge >= 0.3 is 12.1 Å². The van der Waals surface area contributed by atoms with Gasteiger partial charge in [-0.25, -0.2) is 4.79 Å². The largest absolute Gasteiger partial charge is 0.496 e. The van der Waals surface area contributed by atoms with Gasteiger partial charge in [-0.15, -0.1) is 0 Å². The first kappa shape index (κ1) is 26.3. The lowest BCUT2D eigenvalue weighted by atomic mass is 9.72. The summed E-state index contributed by atoms with van der Waals surface area (Å²) in [5, 5.41) is 0.954. The molecule has 4 heterocycles. The number of ether oxygens (including phenoxy) is 3. The number of aromatic nitrogens is 2. The number of nitrogens with zero attached hydrogens (tertiary/aromatic N) is 5. The average Bonchev–Trinajstić information content (AvgIpc) is 2.82. The van der Waals surface area contributed by atoms with Gasteiger partial charge in [0, 0.05) is 50.1 Å². The number of carbonyl (C=O) groups excluding carboxylic acids is 1. The fourth-order valence-corrected chi connectivity index (χ4v) is 6.02. The molecule has 0 atom stereocenters. The summed E-state index contributed by atoms with van der Waals surface area (Å²) in [5.41, 5.74) is 0.519. The van der Waals surface area contributed by atoms with Crippen LogP contribution >= 0.6 is 15.9 Å². The van der Waals surface area contributed by atoms with Gasteiger partial charge in [0.05, 0.1) is 17.1 Å². The average molecular weight is 577 g/mol. The number of benzene rings is 1. The second kappa shape index (κ2) is 10.1. The Morgan fingerprint density at radius 1 is 1.08 bits per heavy atom. The van der Waals surface area contributed by atoms with Crippen LogP contribution in [0.5, 0.6) is 11.8 Å². The molecule has 0 N–H and O–H groups in total. The Morgan fingerprint density at radius 3 is 2.38 bits per heavy atom. The van der Waals surface area contributed by atoms with Crippen molar-refractivity contribution in [2.75, 3.05) is 58.3 Å². The maximum Gasteiger partial charge on any atom is 0.410 e. The van der Waals surface area contributed by atoms with Crippen LogP contribution in [-0.2, 0) is 4.74 Å². The van der Waals surface area contributed by atoms with Crippen molar-refractivity contribution in [3.05, 3.63) is 16.6 Å². The molecule has 3 saturated heterocycles. The molecular weight excluding hydrogens is 538 g/mol. The lowest BCUT2D eigenvalue weighted by Gasteiger charge is -2.53. The first-order valence-electron chi connectivity index (χ1n) is 13.2. The van der Waals surface area contributed by atoms with Crippen molar-refractivity contribution in [2.24, 2.45) is 5.41 Å². The van der Waals surface area contributed by atoms with Gasteiger partial charge in [0.15, 0.2) is 0 Å². The van der Waals surface area contributed by atoms with E-state index >= 15 is 0 Å². The minimum absolute atomic E-state index is 0.127. The lowest BCUT2D eigenvalue weighted by Crippen LogP contribution is -2.62. The van der Waals surface area contributed by atoms with Crippen LogP contribution in [0.2, 0.25) is 0 Å². The minimum atomic E-state index is -0.472. The normalized spacial score (nSPS) is 20.7. The summed E-state index contributed by atoms with van der Waals surface area (Å²) in [5.74, 6) is 1.64. The van der Waals surface area contributed by atoms with E-state index in [0.29, 0.717) is 6.01 Å². The first-order valence-corrected chi connectivity index (χ1v) is 14.0. The van der Waals surface area contributed by atoms with E-state index in [-0.39, 0.29) is 17.6 Å². The summed E-state index contributed by atoms with van der Waals surface area (Å²) in [4.78, 5) is 28.7. The zero-order valence-corrected chi connectivity index (χ0v) is 24.1. The summed E-state index contributed by atoms with van der Waals surface area (Å²) in [6, 6.07) is 4.43. The van der Waals surface area contributed by atoms with Crippen molar-refractivity contribution in [3.8, 4) is 11.8 Å². The molecule has 0 unspecified atom stereocenters. The number of rotatable bonds is 4. The van der Waals surface area contributed by atoms with E-state index in [2.05, 4.69) is 32.8 Å². The van der Waals surface area contributed by atoms with Gasteiger partial charge < -0.3 is 28.9 Å². The van der Waals surface area contributed by atoms with Crippen molar-refractivity contribution in [3.63, 3.8) is 0 Å². The summed E-state index contributed by atoms with van der Waals surface area (Å²) < 4.78 is 18.3. The number of fused-ring (bicyclic) bond motifs is 1. The Morgan fingerprint density at radius 2 is 1.76 bits per heavy atom. The number of likely N-dealkylation sites (tertiary alicyclic amines) is 2. The van der Waals surface area contributed by atoms with Crippen molar-refractivity contribution < 1.29 is 19.0 Å². The monoisotopic (exact) mass is 575 g/mol. The molecule has 1 aromatic heterocycles. The molecule has 37 heavy (non-hydrogen) atoms. The van der Waals surface area contributed by atoms with Gasteiger partial charge in [-0.2, -0.15) is 9.97 Å². The molecule has 0 bridgehead atoms. The van der Waals surface area contributed by atoms with Crippen LogP contribution in [-0.4, -0.2) is 91.0 Å². The van der Waals surface area contributed by atoms with Crippen molar-refractivity contribution in [1.82, 2.24) is 19.8 Å². The number of halogens is 1. The smallest absolute Gasteiger partial charge is 0.410 e. The third-order valence-electron chi connectivity index (χ3n) is 7.69. The van der Waals surface area contributed by atoms with Crippen LogP contribution in [0, 0.1) is 5.41 Å². The fraction of sp³-hybridized carbons (Fsp3) is 0.667. The van der Waals surface area contributed by atoms with Crippen LogP contribution in [0.1, 0.15) is 46.5 Å². The Labute approximate surface area is 227 Å². The molecule has 10 heteroatoms. The summed E-state index contributed by atoms with van der Waals surface area (Å²) in [7, 11) is 3.81. The fourth-order valence-electron chi connectivity index (χ4n) is 5.52. The van der Waals surface area contributed by atoms with Crippen molar-refractivity contribution in [2.45, 2.75) is 58.2 Å². The number of hydrogen-bond donors (Lipinski definition) is 0. The minimum Gasteiger partial charge on any atom is -0.496 e. The molecule has 9 nitrogen and oxygen atoms in total. The molecule has 2 aromatic rings. The quantitative estimate of drug-likeness (QED) is 0.518. The molecule has 1 aromatic carbocycles.